The molecule has 1 saturated carbocycles. The first-order valence-corrected chi connectivity index (χ1v) is 6.87. The van der Waals surface area contributed by atoms with E-state index in [0.29, 0.717) is 17.2 Å². The van der Waals surface area contributed by atoms with Gasteiger partial charge in [-0.2, -0.15) is 5.26 Å². The van der Waals surface area contributed by atoms with Crippen LogP contribution >= 0.6 is 0 Å². The monoisotopic (exact) mass is 284 g/mol. The molecule has 2 nitrogen and oxygen atoms in total. The zero-order valence-electron chi connectivity index (χ0n) is 11.3. The highest BCUT2D eigenvalue weighted by Gasteiger charge is 2.30. The number of benzene rings is 2. The molecule has 0 unspecified atom stereocenters. The Balaban J connectivity index is 1.64. The van der Waals surface area contributed by atoms with E-state index in [1.54, 1.807) is 18.2 Å². The van der Waals surface area contributed by atoms with Crippen molar-refractivity contribution in [1.82, 2.24) is 0 Å². The SMILES string of the molecule is N#Cc1cc(F)ccc1NC1CC(c2cccc(F)c2)C1. The molecule has 1 N–H and O–H groups in total. The number of nitrogens with zero attached hydrogens (tertiary/aromatic N) is 1. The number of anilines is 1. The number of nitriles is 1. The van der Waals surface area contributed by atoms with Crippen LogP contribution in [0.4, 0.5) is 14.5 Å². The molecule has 2 aromatic rings. The highest BCUT2D eigenvalue weighted by molar-refractivity contribution is 5.58. The molecule has 0 atom stereocenters. The Morgan fingerprint density at radius 3 is 2.52 bits per heavy atom. The van der Waals surface area contributed by atoms with Gasteiger partial charge in [0.1, 0.15) is 17.7 Å². The third kappa shape index (κ3) is 2.87. The van der Waals surface area contributed by atoms with E-state index < -0.39 is 5.82 Å². The minimum Gasteiger partial charge on any atom is -0.381 e. The molecule has 1 fully saturated rings. The fourth-order valence-electron chi connectivity index (χ4n) is 2.72. The minimum atomic E-state index is -0.414. The first-order chi connectivity index (χ1) is 10.2. The molecular weight excluding hydrogens is 270 g/mol. The lowest BCUT2D eigenvalue weighted by molar-refractivity contribution is 0.373. The third-order valence-electron chi connectivity index (χ3n) is 3.92. The van der Waals surface area contributed by atoms with Crippen molar-refractivity contribution >= 4 is 5.69 Å². The van der Waals surface area contributed by atoms with Crippen LogP contribution in [0.3, 0.4) is 0 Å². The lowest BCUT2D eigenvalue weighted by Crippen LogP contribution is -2.34. The molecule has 0 radical (unpaired) electrons. The van der Waals surface area contributed by atoms with Crippen molar-refractivity contribution in [3.8, 4) is 6.07 Å². The summed E-state index contributed by atoms with van der Waals surface area (Å²) in [5.74, 6) is -0.290. The Hall–Kier alpha value is -2.41. The van der Waals surface area contributed by atoms with E-state index in [0.717, 1.165) is 18.4 Å². The second-order valence-electron chi connectivity index (χ2n) is 5.37. The van der Waals surface area contributed by atoms with Gasteiger partial charge >= 0.3 is 0 Å². The number of halogens is 2. The van der Waals surface area contributed by atoms with Crippen LogP contribution in [0, 0.1) is 23.0 Å². The van der Waals surface area contributed by atoms with Crippen molar-refractivity contribution in [2.45, 2.75) is 24.8 Å². The van der Waals surface area contributed by atoms with Crippen LogP contribution in [0.2, 0.25) is 0 Å². The molecule has 0 saturated heterocycles. The first-order valence-electron chi connectivity index (χ1n) is 6.87. The summed E-state index contributed by atoms with van der Waals surface area (Å²) in [5, 5.41) is 12.3. The van der Waals surface area contributed by atoms with Crippen LogP contribution in [-0.2, 0) is 0 Å². The molecule has 0 heterocycles. The molecular formula is C17H14F2N2. The topological polar surface area (TPSA) is 35.8 Å². The van der Waals surface area contributed by atoms with E-state index in [4.69, 9.17) is 5.26 Å². The van der Waals surface area contributed by atoms with Gasteiger partial charge in [0.2, 0.25) is 0 Å². The zero-order valence-corrected chi connectivity index (χ0v) is 11.3. The summed E-state index contributed by atoms with van der Waals surface area (Å²) in [6, 6.07) is 13.0. The van der Waals surface area contributed by atoms with Gasteiger partial charge in [-0.05, 0) is 54.7 Å². The van der Waals surface area contributed by atoms with Gasteiger partial charge in [-0.25, -0.2) is 8.78 Å². The predicted molar refractivity (Wildman–Crippen MR) is 76.9 cm³/mol. The Kier molecular flexibility index (Phi) is 3.57. The smallest absolute Gasteiger partial charge is 0.124 e. The molecule has 0 aliphatic heterocycles. The molecule has 0 spiro atoms. The molecule has 0 bridgehead atoms. The molecule has 1 aliphatic rings. The van der Waals surface area contributed by atoms with E-state index in [9.17, 15) is 8.78 Å². The fraction of sp³-hybridized carbons (Fsp3) is 0.235. The molecule has 4 heteroatoms. The van der Waals surface area contributed by atoms with Crippen molar-refractivity contribution in [2.24, 2.45) is 0 Å². The Morgan fingerprint density at radius 2 is 1.81 bits per heavy atom. The summed E-state index contributed by atoms with van der Waals surface area (Å²) in [6.45, 7) is 0. The standard InChI is InChI=1S/C17H14F2N2/c18-14-3-1-2-11(6-14)12-8-16(9-12)21-17-5-4-15(19)7-13(17)10-20/h1-7,12,16,21H,8-9H2. The molecule has 1 aliphatic carbocycles. The summed E-state index contributed by atoms with van der Waals surface area (Å²) in [5.41, 5.74) is 1.97. The third-order valence-corrected chi connectivity index (χ3v) is 3.92. The van der Waals surface area contributed by atoms with E-state index in [1.807, 2.05) is 12.1 Å². The summed E-state index contributed by atoms with van der Waals surface area (Å²) in [6.07, 6.45) is 1.76. The second kappa shape index (κ2) is 5.53. The van der Waals surface area contributed by atoms with Gasteiger partial charge in [-0.15, -0.1) is 0 Å². The molecule has 0 aromatic heterocycles. The first kappa shape index (κ1) is 13.6. The van der Waals surface area contributed by atoms with E-state index in [1.165, 1.54) is 18.2 Å². The van der Waals surface area contributed by atoms with Crippen molar-refractivity contribution in [3.63, 3.8) is 0 Å². The normalized spacial score (nSPS) is 20.4. The summed E-state index contributed by atoms with van der Waals surface area (Å²) >= 11 is 0. The quantitative estimate of drug-likeness (QED) is 0.917. The van der Waals surface area contributed by atoms with Crippen LogP contribution in [0.5, 0.6) is 0 Å². The predicted octanol–water partition coefficient (Wildman–Crippen LogP) is 4.19. The molecule has 0 amide bonds. The van der Waals surface area contributed by atoms with Gasteiger partial charge in [0, 0.05) is 6.04 Å². The van der Waals surface area contributed by atoms with Gasteiger partial charge in [0.05, 0.1) is 11.3 Å². The van der Waals surface area contributed by atoms with Crippen molar-refractivity contribution in [1.29, 1.82) is 5.26 Å². The van der Waals surface area contributed by atoms with E-state index in [-0.39, 0.29) is 11.9 Å². The highest BCUT2D eigenvalue weighted by Crippen LogP contribution is 2.39. The molecule has 3 rings (SSSR count). The Bertz CT molecular complexity index is 700. The van der Waals surface area contributed by atoms with Crippen LogP contribution in [0.25, 0.3) is 0 Å². The number of rotatable bonds is 3. The number of hydrogen-bond acceptors (Lipinski definition) is 2. The maximum absolute atomic E-state index is 13.2. The maximum Gasteiger partial charge on any atom is 0.124 e. The molecule has 21 heavy (non-hydrogen) atoms. The lowest BCUT2D eigenvalue weighted by Gasteiger charge is -2.37. The molecule has 106 valence electrons. The number of hydrogen-bond donors (Lipinski definition) is 1. The van der Waals surface area contributed by atoms with Gasteiger partial charge < -0.3 is 5.32 Å². The van der Waals surface area contributed by atoms with Gasteiger partial charge in [-0.3, -0.25) is 0 Å². The van der Waals surface area contributed by atoms with E-state index in [2.05, 4.69) is 5.32 Å². The average Bonchev–Trinajstić information content (AvgIpc) is 2.43. The fourth-order valence-corrected chi connectivity index (χ4v) is 2.72. The van der Waals surface area contributed by atoms with Gasteiger partial charge in [0.25, 0.3) is 0 Å². The van der Waals surface area contributed by atoms with Crippen LogP contribution in [0.1, 0.15) is 29.9 Å². The Morgan fingerprint density at radius 1 is 1.05 bits per heavy atom. The van der Waals surface area contributed by atoms with Crippen LogP contribution in [0.15, 0.2) is 42.5 Å². The summed E-state index contributed by atoms with van der Waals surface area (Å²) in [7, 11) is 0. The van der Waals surface area contributed by atoms with Crippen molar-refractivity contribution in [2.75, 3.05) is 5.32 Å². The lowest BCUT2D eigenvalue weighted by atomic mass is 9.75. The number of nitrogens with one attached hydrogen (secondary N) is 1. The maximum atomic E-state index is 13.2. The average molecular weight is 284 g/mol. The van der Waals surface area contributed by atoms with Crippen LogP contribution in [-0.4, -0.2) is 6.04 Å². The highest BCUT2D eigenvalue weighted by atomic mass is 19.1. The van der Waals surface area contributed by atoms with Gasteiger partial charge in [0.15, 0.2) is 0 Å². The van der Waals surface area contributed by atoms with Crippen molar-refractivity contribution < 1.29 is 8.78 Å². The zero-order chi connectivity index (χ0) is 14.8. The Labute approximate surface area is 122 Å². The molecule has 2 aromatic carbocycles. The van der Waals surface area contributed by atoms with Crippen molar-refractivity contribution in [3.05, 3.63) is 65.2 Å². The second-order valence-corrected chi connectivity index (χ2v) is 5.37. The van der Waals surface area contributed by atoms with Crippen LogP contribution < -0.4 is 5.32 Å². The largest absolute Gasteiger partial charge is 0.381 e. The van der Waals surface area contributed by atoms with E-state index >= 15 is 0 Å². The minimum absolute atomic E-state index is 0.214. The summed E-state index contributed by atoms with van der Waals surface area (Å²) < 4.78 is 26.3. The summed E-state index contributed by atoms with van der Waals surface area (Å²) in [4.78, 5) is 0. The van der Waals surface area contributed by atoms with Gasteiger partial charge in [-0.1, -0.05) is 12.1 Å².